The first-order valence-electron chi connectivity index (χ1n) is 6.92. The highest BCUT2D eigenvalue weighted by Gasteiger charge is 2.28. The molecule has 120 valence electrons. The second kappa shape index (κ2) is 7.61. The predicted molar refractivity (Wildman–Crippen MR) is 71.9 cm³/mol. The van der Waals surface area contributed by atoms with Crippen molar-refractivity contribution in [2.45, 2.75) is 38.3 Å². The SMILES string of the molecule is CN(CCC1CCNCC1)S(=O)(=O)CCCC(F)(F)F. The van der Waals surface area contributed by atoms with Gasteiger partial charge in [-0.25, -0.2) is 12.7 Å². The summed E-state index contributed by atoms with van der Waals surface area (Å²) in [5, 5.41) is 3.24. The average molecular weight is 316 g/mol. The molecule has 1 saturated heterocycles. The van der Waals surface area contributed by atoms with Gasteiger partial charge in [-0.1, -0.05) is 0 Å². The lowest BCUT2D eigenvalue weighted by molar-refractivity contribution is -0.134. The van der Waals surface area contributed by atoms with Crippen LogP contribution >= 0.6 is 0 Å². The van der Waals surface area contributed by atoms with Crippen molar-refractivity contribution in [3.63, 3.8) is 0 Å². The summed E-state index contributed by atoms with van der Waals surface area (Å²) in [6.07, 6.45) is -2.87. The number of piperidine rings is 1. The molecule has 20 heavy (non-hydrogen) atoms. The van der Waals surface area contributed by atoms with Crippen LogP contribution in [-0.2, 0) is 10.0 Å². The smallest absolute Gasteiger partial charge is 0.317 e. The molecule has 1 aliphatic heterocycles. The molecule has 0 unspecified atom stereocenters. The topological polar surface area (TPSA) is 49.4 Å². The van der Waals surface area contributed by atoms with Gasteiger partial charge >= 0.3 is 6.18 Å². The molecule has 1 N–H and O–H groups in total. The standard InChI is InChI=1S/C12H23F3N2O2S/c1-17(9-5-11-3-7-16-8-4-11)20(18,19)10-2-6-12(13,14)15/h11,16H,2-10H2,1H3. The maximum atomic E-state index is 12.0. The molecule has 8 heteroatoms. The lowest BCUT2D eigenvalue weighted by Crippen LogP contribution is -2.34. The second-order valence-corrected chi connectivity index (χ2v) is 7.53. The van der Waals surface area contributed by atoms with Crippen LogP contribution in [0.15, 0.2) is 0 Å². The van der Waals surface area contributed by atoms with Gasteiger partial charge in [-0.05, 0) is 44.7 Å². The van der Waals surface area contributed by atoms with E-state index in [9.17, 15) is 21.6 Å². The Kier molecular flexibility index (Phi) is 6.74. The van der Waals surface area contributed by atoms with Crippen LogP contribution in [0, 0.1) is 5.92 Å². The van der Waals surface area contributed by atoms with Gasteiger partial charge in [0, 0.05) is 20.0 Å². The molecular formula is C12H23F3N2O2S. The molecule has 0 radical (unpaired) electrons. The maximum absolute atomic E-state index is 12.0. The van der Waals surface area contributed by atoms with Gasteiger partial charge in [-0.15, -0.1) is 0 Å². The highest BCUT2D eigenvalue weighted by atomic mass is 32.2. The average Bonchev–Trinajstić information content (AvgIpc) is 2.35. The quantitative estimate of drug-likeness (QED) is 0.781. The number of hydrogen-bond donors (Lipinski definition) is 1. The first kappa shape index (κ1) is 17.7. The molecule has 1 rings (SSSR count). The third kappa shape index (κ3) is 6.90. The molecule has 4 nitrogen and oxygen atoms in total. The highest BCUT2D eigenvalue weighted by molar-refractivity contribution is 7.89. The van der Waals surface area contributed by atoms with Crippen molar-refractivity contribution in [1.29, 1.82) is 0 Å². The fourth-order valence-corrected chi connectivity index (χ4v) is 3.49. The molecule has 1 heterocycles. The first-order valence-corrected chi connectivity index (χ1v) is 8.53. The molecule has 1 fully saturated rings. The van der Waals surface area contributed by atoms with Gasteiger partial charge in [-0.2, -0.15) is 13.2 Å². The van der Waals surface area contributed by atoms with Gasteiger partial charge in [0.25, 0.3) is 0 Å². The Morgan fingerprint density at radius 2 is 1.85 bits per heavy atom. The van der Waals surface area contributed by atoms with Crippen LogP contribution in [0.25, 0.3) is 0 Å². The van der Waals surface area contributed by atoms with E-state index in [1.807, 2.05) is 0 Å². The minimum atomic E-state index is -4.29. The summed E-state index contributed by atoms with van der Waals surface area (Å²) in [5.74, 6) is 0.0685. The summed E-state index contributed by atoms with van der Waals surface area (Å²) < 4.78 is 60.9. The molecule has 0 aromatic carbocycles. The van der Waals surface area contributed by atoms with Crippen LogP contribution in [-0.4, -0.2) is 51.3 Å². The highest BCUT2D eigenvalue weighted by Crippen LogP contribution is 2.22. The summed E-state index contributed by atoms with van der Waals surface area (Å²) in [4.78, 5) is 0. The molecule has 0 saturated carbocycles. The van der Waals surface area contributed by atoms with E-state index in [2.05, 4.69) is 5.32 Å². The monoisotopic (exact) mass is 316 g/mol. The molecule has 0 spiro atoms. The minimum absolute atomic E-state index is 0.372. The number of sulfonamides is 1. The third-order valence-corrected chi connectivity index (χ3v) is 5.59. The van der Waals surface area contributed by atoms with Gasteiger partial charge < -0.3 is 5.32 Å². The summed E-state index contributed by atoms with van der Waals surface area (Å²) in [6.45, 7) is 2.29. The van der Waals surface area contributed by atoms with Gasteiger partial charge in [0.1, 0.15) is 0 Å². The van der Waals surface area contributed by atoms with Gasteiger partial charge in [0.2, 0.25) is 10.0 Å². The van der Waals surface area contributed by atoms with E-state index >= 15 is 0 Å². The number of nitrogens with zero attached hydrogens (tertiary/aromatic N) is 1. The van der Waals surface area contributed by atoms with E-state index < -0.39 is 28.4 Å². The predicted octanol–water partition coefficient (Wildman–Crippen LogP) is 1.98. The van der Waals surface area contributed by atoms with Crippen LogP contribution in [0.3, 0.4) is 0 Å². The Balaban J connectivity index is 2.30. The lowest BCUT2D eigenvalue weighted by Gasteiger charge is -2.25. The normalized spacial score (nSPS) is 18.6. The summed E-state index contributed by atoms with van der Waals surface area (Å²) in [7, 11) is -2.12. The minimum Gasteiger partial charge on any atom is -0.317 e. The lowest BCUT2D eigenvalue weighted by atomic mass is 9.95. The van der Waals surface area contributed by atoms with E-state index in [4.69, 9.17) is 0 Å². The van der Waals surface area contributed by atoms with Crippen molar-refractivity contribution >= 4 is 10.0 Å². The van der Waals surface area contributed by atoms with Crippen LogP contribution < -0.4 is 5.32 Å². The zero-order valence-electron chi connectivity index (χ0n) is 11.7. The van der Waals surface area contributed by atoms with Crippen LogP contribution in [0.2, 0.25) is 0 Å². The molecule has 0 bridgehead atoms. The van der Waals surface area contributed by atoms with Gasteiger partial charge in [0.05, 0.1) is 5.75 Å². The fraction of sp³-hybridized carbons (Fsp3) is 1.00. The number of rotatable bonds is 7. The Bertz CT molecular complexity index is 379. The number of hydrogen-bond acceptors (Lipinski definition) is 3. The van der Waals surface area contributed by atoms with Crippen molar-refractivity contribution in [2.24, 2.45) is 5.92 Å². The third-order valence-electron chi connectivity index (χ3n) is 3.65. The van der Waals surface area contributed by atoms with Crippen LogP contribution in [0.4, 0.5) is 13.2 Å². The molecular weight excluding hydrogens is 293 g/mol. The van der Waals surface area contributed by atoms with Crippen molar-refractivity contribution < 1.29 is 21.6 Å². The van der Waals surface area contributed by atoms with Crippen molar-refractivity contribution in [2.75, 3.05) is 32.4 Å². The number of halogens is 3. The van der Waals surface area contributed by atoms with Gasteiger partial charge in [0.15, 0.2) is 0 Å². The molecule has 0 aliphatic carbocycles. The van der Waals surface area contributed by atoms with E-state index in [-0.39, 0.29) is 6.42 Å². The first-order chi connectivity index (χ1) is 9.21. The van der Waals surface area contributed by atoms with E-state index in [1.165, 1.54) is 11.4 Å². The van der Waals surface area contributed by atoms with Crippen LogP contribution in [0.5, 0.6) is 0 Å². The van der Waals surface area contributed by atoms with E-state index in [0.717, 1.165) is 32.4 Å². The molecule has 1 aliphatic rings. The van der Waals surface area contributed by atoms with E-state index in [0.29, 0.717) is 12.5 Å². The Morgan fingerprint density at radius 3 is 2.40 bits per heavy atom. The van der Waals surface area contributed by atoms with Crippen LogP contribution in [0.1, 0.15) is 32.1 Å². The van der Waals surface area contributed by atoms with Crippen molar-refractivity contribution in [3.05, 3.63) is 0 Å². The second-order valence-electron chi connectivity index (χ2n) is 5.34. The number of nitrogens with one attached hydrogen (secondary N) is 1. The zero-order valence-corrected chi connectivity index (χ0v) is 12.6. The Morgan fingerprint density at radius 1 is 1.25 bits per heavy atom. The van der Waals surface area contributed by atoms with Gasteiger partial charge in [-0.3, -0.25) is 0 Å². The van der Waals surface area contributed by atoms with Crippen molar-refractivity contribution in [1.82, 2.24) is 9.62 Å². The fourth-order valence-electron chi connectivity index (χ4n) is 2.28. The van der Waals surface area contributed by atoms with E-state index in [1.54, 1.807) is 0 Å². The maximum Gasteiger partial charge on any atom is 0.389 e. The Hall–Kier alpha value is -0.340. The summed E-state index contributed by atoms with van der Waals surface area (Å²) in [6, 6.07) is 0. The zero-order chi connectivity index (χ0) is 15.2. The van der Waals surface area contributed by atoms with Crippen molar-refractivity contribution in [3.8, 4) is 0 Å². The number of alkyl halides is 3. The Labute approximate surface area is 118 Å². The molecule has 0 aromatic rings. The summed E-state index contributed by atoms with van der Waals surface area (Å²) >= 11 is 0. The molecule has 0 aromatic heterocycles. The largest absolute Gasteiger partial charge is 0.389 e. The summed E-state index contributed by atoms with van der Waals surface area (Å²) in [5.41, 5.74) is 0. The molecule has 0 atom stereocenters. The molecule has 0 amide bonds.